The number of alkyl carbamates (subject to hydrolysis) is 1. The van der Waals surface area contributed by atoms with Crippen LogP contribution in [0.4, 0.5) is 4.79 Å². The summed E-state index contributed by atoms with van der Waals surface area (Å²) >= 11 is 0. The van der Waals surface area contributed by atoms with Crippen molar-refractivity contribution in [3.8, 4) is 5.75 Å². The molecule has 0 aliphatic heterocycles. The van der Waals surface area contributed by atoms with Gasteiger partial charge in [-0.25, -0.2) is 4.79 Å². The Morgan fingerprint density at radius 2 is 1.79 bits per heavy atom. The second-order valence-corrected chi connectivity index (χ2v) is 7.79. The van der Waals surface area contributed by atoms with Crippen LogP contribution in [0.3, 0.4) is 0 Å². The maximum Gasteiger partial charge on any atom is 0.408 e. The monoisotopic (exact) mass is 409 g/mol. The van der Waals surface area contributed by atoms with E-state index < -0.39 is 42.7 Å². The standard InChI is InChI=1S/C20H31N3O6/c1-13(2)22-18(27)17(14-8-6-7-9-15(14)25)23(10-11-24)16(26)12-21-19(28)29-20(3,4)5/h6-9,13,17,24-25H,10-12H2,1-5H3,(H,21,28)(H,22,27). The van der Waals surface area contributed by atoms with E-state index in [9.17, 15) is 24.6 Å². The molecule has 0 aliphatic rings. The van der Waals surface area contributed by atoms with E-state index in [0.29, 0.717) is 0 Å². The van der Waals surface area contributed by atoms with E-state index >= 15 is 0 Å². The number of phenols is 1. The van der Waals surface area contributed by atoms with E-state index in [-0.39, 0.29) is 23.9 Å². The Hall–Kier alpha value is -2.81. The van der Waals surface area contributed by atoms with Crippen molar-refractivity contribution >= 4 is 17.9 Å². The zero-order chi connectivity index (χ0) is 22.2. The number of hydrogen-bond donors (Lipinski definition) is 4. The van der Waals surface area contributed by atoms with E-state index in [4.69, 9.17) is 4.74 Å². The van der Waals surface area contributed by atoms with Crippen LogP contribution in [0.15, 0.2) is 24.3 Å². The number of nitrogens with one attached hydrogen (secondary N) is 2. The highest BCUT2D eigenvalue weighted by atomic mass is 16.6. The summed E-state index contributed by atoms with van der Waals surface area (Å²) in [6.45, 7) is 7.60. The first-order chi connectivity index (χ1) is 13.5. The molecule has 0 spiro atoms. The van der Waals surface area contributed by atoms with E-state index in [1.165, 1.54) is 12.1 Å². The number of carbonyl (C=O) groups is 3. The van der Waals surface area contributed by atoms with Gasteiger partial charge in [0, 0.05) is 18.2 Å². The average molecular weight is 409 g/mol. The van der Waals surface area contributed by atoms with E-state index in [2.05, 4.69) is 10.6 Å². The van der Waals surface area contributed by atoms with Crippen LogP contribution in [0, 0.1) is 0 Å². The van der Waals surface area contributed by atoms with Gasteiger partial charge < -0.3 is 30.5 Å². The van der Waals surface area contributed by atoms with Gasteiger partial charge in [-0.1, -0.05) is 18.2 Å². The van der Waals surface area contributed by atoms with Crippen molar-refractivity contribution in [1.82, 2.24) is 15.5 Å². The van der Waals surface area contributed by atoms with E-state index in [1.54, 1.807) is 46.8 Å². The summed E-state index contributed by atoms with van der Waals surface area (Å²) in [5, 5.41) is 24.8. The van der Waals surface area contributed by atoms with Gasteiger partial charge in [-0.2, -0.15) is 0 Å². The Kier molecular flexibility index (Phi) is 8.90. The van der Waals surface area contributed by atoms with Gasteiger partial charge in [0.1, 0.15) is 23.9 Å². The van der Waals surface area contributed by atoms with Crippen molar-refractivity contribution in [2.75, 3.05) is 19.7 Å². The number of hydrogen-bond acceptors (Lipinski definition) is 6. The van der Waals surface area contributed by atoms with Crippen LogP contribution < -0.4 is 10.6 Å². The summed E-state index contributed by atoms with van der Waals surface area (Å²) in [4.78, 5) is 38.6. The molecular weight excluding hydrogens is 378 g/mol. The highest BCUT2D eigenvalue weighted by molar-refractivity contribution is 5.91. The fourth-order valence-corrected chi connectivity index (χ4v) is 2.60. The normalized spacial score (nSPS) is 12.2. The lowest BCUT2D eigenvalue weighted by atomic mass is 10.0. The number of ether oxygens (including phenoxy) is 1. The second-order valence-electron chi connectivity index (χ2n) is 7.79. The molecule has 4 N–H and O–H groups in total. The van der Waals surface area contributed by atoms with Gasteiger partial charge in [-0.3, -0.25) is 9.59 Å². The van der Waals surface area contributed by atoms with Gasteiger partial charge in [-0.05, 0) is 40.7 Å². The predicted octanol–water partition coefficient (Wildman–Crippen LogP) is 1.30. The lowest BCUT2D eigenvalue weighted by molar-refractivity contribution is -0.141. The molecular formula is C20H31N3O6. The SMILES string of the molecule is CC(C)NC(=O)C(c1ccccc1O)N(CCO)C(=O)CNC(=O)OC(C)(C)C. The number of para-hydroxylation sites is 1. The van der Waals surface area contributed by atoms with E-state index in [1.807, 2.05) is 0 Å². The third-order valence-electron chi connectivity index (χ3n) is 3.67. The first-order valence-corrected chi connectivity index (χ1v) is 9.41. The summed E-state index contributed by atoms with van der Waals surface area (Å²) < 4.78 is 5.10. The first-order valence-electron chi connectivity index (χ1n) is 9.41. The molecule has 0 saturated carbocycles. The van der Waals surface area contributed by atoms with Crippen LogP contribution in [-0.2, 0) is 14.3 Å². The smallest absolute Gasteiger partial charge is 0.408 e. The van der Waals surface area contributed by atoms with Gasteiger partial charge in [-0.15, -0.1) is 0 Å². The second kappa shape index (κ2) is 10.7. The number of amides is 3. The molecule has 1 aromatic rings. The number of aliphatic hydroxyl groups excluding tert-OH is 1. The van der Waals surface area contributed by atoms with Crippen molar-refractivity contribution in [2.45, 2.75) is 52.3 Å². The molecule has 1 atom stereocenters. The maximum atomic E-state index is 12.8. The van der Waals surface area contributed by atoms with Crippen molar-refractivity contribution in [3.05, 3.63) is 29.8 Å². The molecule has 0 fully saturated rings. The number of nitrogens with zero attached hydrogens (tertiary/aromatic N) is 1. The molecule has 0 saturated heterocycles. The number of aliphatic hydroxyl groups is 1. The molecule has 1 aromatic carbocycles. The van der Waals surface area contributed by atoms with Gasteiger partial charge in [0.2, 0.25) is 11.8 Å². The van der Waals surface area contributed by atoms with Crippen LogP contribution in [0.25, 0.3) is 0 Å². The van der Waals surface area contributed by atoms with Gasteiger partial charge in [0.15, 0.2) is 0 Å². The topological polar surface area (TPSA) is 128 Å². The minimum Gasteiger partial charge on any atom is -0.508 e. The first kappa shape index (κ1) is 24.2. The van der Waals surface area contributed by atoms with Crippen LogP contribution in [0.1, 0.15) is 46.2 Å². The van der Waals surface area contributed by atoms with Gasteiger partial charge >= 0.3 is 6.09 Å². The van der Waals surface area contributed by atoms with Gasteiger partial charge in [0.05, 0.1) is 6.61 Å². The Balaban J connectivity index is 3.12. The molecule has 9 heteroatoms. The number of benzene rings is 1. The minimum absolute atomic E-state index is 0.160. The zero-order valence-electron chi connectivity index (χ0n) is 17.6. The quantitative estimate of drug-likeness (QED) is 0.512. The summed E-state index contributed by atoms with van der Waals surface area (Å²) in [6.07, 6.45) is -0.777. The van der Waals surface area contributed by atoms with Crippen molar-refractivity contribution in [3.63, 3.8) is 0 Å². The third-order valence-corrected chi connectivity index (χ3v) is 3.67. The maximum absolute atomic E-state index is 12.8. The summed E-state index contributed by atoms with van der Waals surface area (Å²) in [7, 11) is 0. The summed E-state index contributed by atoms with van der Waals surface area (Å²) in [5.74, 6) is -1.29. The highest BCUT2D eigenvalue weighted by Crippen LogP contribution is 2.29. The van der Waals surface area contributed by atoms with Gasteiger partial charge in [0.25, 0.3) is 0 Å². The molecule has 0 radical (unpaired) electrons. The van der Waals surface area contributed by atoms with Crippen LogP contribution in [0.5, 0.6) is 5.75 Å². The molecule has 1 rings (SSSR count). The Morgan fingerprint density at radius 3 is 2.31 bits per heavy atom. The lowest BCUT2D eigenvalue weighted by Gasteiger charge is -2.32. The summed E-state index contributed by atoms with van der Waals surface area (Å²) in [5.41, 5.74) is -0.516. The lowest BCUT2D eigenvalue weighted by Crippen LogP contribution is -2.49. The number of phenolic OH excluding ortho intramolecular Hbond substituents is 1. The summed E-state index contributed by atoms with van der Waals surface area (Å²) in [6, 6.07) is 4.77. The third kappa shape index (κ3) is 7.98. The number of carbonyl (C=O) groups excluding carboxylic acids is 3. The molecule has 9 nitrogen and oxygen atoms in total. The molecule has 0 aromatic heterocycles. The minimum atomic E-state index is -1.18. The molecule has 3 amide bonds. The zero-order valence-corrected chi connectivity index (χ0v) is 17.6. The predicted molar refractivity (Wildman–Crippen MR) is 107 cm³/mol. The van der Waals surface area contributed by atoms with Crippen molar-refractivity contribution in [1.29, 1.82) is 0 Å². The van der Waals surface area contributed by atoms with Crippen LogP contribution >= 0.6 is 0 Å². The van der Waals surface area contributed by atoms with Crippen LogP contribution in [-0.4, -0.2) is 64.4 Å². The molecule has 1 unspecified atom stereocenters. The Bertz CT molecular complexity index is 714. The number of rotatable bonds is 8. The molecule has 0 bridgehead atoms. The molecule has 0 aliphatic carbocycles. The molecule has 0 heterocycles. The Morgan fingerprint density at radius 1 is 1.17 bits per heavy atom. The highest BCUT2D eigenvalue weighted by Gasteiger charge is 2.33. The van der Waals surface area contributed by atoms with Crippen LogP contribution in [0.2, 0.25) is 0 Å². The number of aromatic hydroxyl groups is 1. The fraction of sp³-hybridized carbons (Fsp3) is 0.550. The Labute approximate surface area is 171 Å². The van der Waals surface area contributed by atoms with E-state index in [0.717, 1.165) is 4.90 Å². The molecule has 29 heavy (non-hydrogen) atoms. The van der Waals surface area contributed by atoms with Crippen molar-refractivity contribution in [2.24, 2.45) is 0 Å². The average Bonchev–Trinajstić information content (AvgIpc) is 2.58. The fourth-order valence-electron chi connectivity index (χ4n) is 2.60. The molecule has 162 valence electrons. The van der Waals surface area contributed by atoms with Crippen molar-refractivity contribution < 1.29 is 29.3 Å². The largest absolute Gasteiger partial charge is 0.508 e.